The number of likely N-dealkylation sites (N-methyl/N-ethyl adjacent to an activating group) is 1. The second-order valence-corrected chi connectivity index (χ2v) is 7.72. The number of carbonyl (C=O) groups is 1. The van der Waals surface area contributed by atoms with Crippen molar-refractivity contribution in [2.75, 3.05) is 33.3 Å². The van der Waals surface area contributed by atoms with Gasteiger partial charge in [-0.1, -0.05) is 6.07 Å². The molecule has 0 amide bonds. The molecule has 0 aromatic carbocycles. The molecule has 2 aliphatic rings. The summed E-state index contributed by atoms with van der Waals surface area (Å²) in [7, 11) is 2.29. The molecule has 0 saturated carbocycles. The fraction of sp³-hybridized carbons (Fsp3) is 0.381. The van der Waals surface area contributed by atoms with Crippen molar-refractivity contribution in [3.8, 4) is 5.88 Å². The highest BCUT2D eigenvalue weighted by Crippen LogP contribution is 2.32. The van der Waals surface area contributed by atoms with Crippen LogP contribution in [-0.4, -0.2) is 58.9 Å². The van der Waals surface area contributed by atoms with Gasteiger partial charge in [0.15, 0.2) is 11.5 Å². The molecule has 3 heterocycles. The molecule has 0 unspecified atom stereocenters. The van der Waals surface area contributed by atoms with Crippen LogP contribution >= 0.6 is 0 Å². The van der Waals surface area contributed by atoms with E-state index in [0.29, 0.717) is 29.6 Å². The van der Waals surface area contributed by atoms with Gasteiger partial charge in [0.1, 0.15) is 13.2 Å². The third-order valence-electron chi connectivity index (χ3n) is 5.48. The second-order valence-electron chi connectivity index (χ2n) is 7.72. The zero-order chi connectivity index (χ0) is 19.6. The summed E-state index contributed by atoms with van der Waals surface area (Å²) in [6.45, 7) is 3.92. The molecule has 2 aromatic heterocycles. The number of hydrogen-bond acceptors (Lipinski definition) is 5. The van der Waals surface area contributed by atoms with Gasteiger partial charge in [-0.15, -0.1) is 5.10 Å². The van der Waals surface area contributed by atoms with Crippen molar-refractivity contribution in [3.05, 3.63) is 48.3 Å². The van der Waals surface area contributed by atoms with Crippen LogP contribution in [0.5, 0.6) is 5.88 Å². The minimum atomic E-state index is -0.133. The first-order valence-corrected chi connectivity index (χ1v) is 9.76. The summed E-state index contributed by atoms with van der Waals surface area (Å²) in [6.07, 6.45) is 10.2. The quantitative estimate of drug-likeness (QED) is 0.638. The van der Waals surface area contributed by atoms with Crippen molar-refractivity contribution >= 4 is 22.7 Å². The zero-order valence-electron chi connectivity index (χ0n) is 16.2. The molecule has 0 spiro atoms. The average Bonchev–Trinajstić information content (AvgIpc) is 3.02. The third-order valence-corrected chi connectivity index (χ3v) is 5.48. The number of ether oxygens (including phenoxy) is 1. The normalized spacial score (nSPS) is 20.5. The Morgan fingerprint density at radius 1 is 1.25 bits per heavy atom. The van der Waals surface area contributed by atoms with Crippen LogP contribution in [0.2, 0.25) is 0 Å². The fourth-order valence-corrected chi connectivity index (χ4v) is 3.78. The first-order valence-electron chi connectivity index (χ1n) is 9.76. The topological polar surface area (TPSA) is 82.0 Å². The van der Waals surface area contributed by atoms with E-state index in [1.165, 1.54) is 44.5 Å². The smallest absolute Gasteiger partial charge is 0.260 e. The molecule has 0 atom stereocenters. The molecular weight excluding hydrogens is 354 g/mol. The van der Waals surface area contributed by atoms with Gasteiger partial charge in [0.05, 0.1) is 37.1 Å². The lowest BCUT2D eigenvalue weighted by molar-refractivity contribution is -0.914. The number of nitrogens with two attached hydrogens (primary N) is 1. The highest BCUT2D eigenvalue weighted by atomic mass is 16.5. The molecule has 1 aliphatic heterocycles. The van der Waals surface area contributed by atoms with E-state index < -0.39 is 0 Å². The summed E-state index contributed by atoms with van der Waals surface area (Å²) < 4.78 is 8.87. The number of hydrogen-bond donors (Lipinski definition) is 1. The van der Waals surface area contributed by atoms with Gasteiger partial charge in [-0.3, -0.25) is 4.79 Å². The number of ketones is 1. The zero-order valence-corrected chi connectivity index (χ0v) is 16.2. The number of aromatic nitrogens is 2. The molecule has 1 fully saturated rings. The van der Waals surface area contributed by atoms with Crippen LogP contribution in [0, 0.1) is 0 Å². The first-order chi connectivity index (χ1) is 13.5. The van der Waals surface area contributed by atoms with Crippen LogP contribution in [0.1, 0.15) is 19.3 Å². The van der Waals surface area contributed by atoms with E-state index in [-0.39, 0.29) is 5.78 Å². The Balaban J connectivity index is 1.60. The molecule has 2 N–H and O–H groups in total. The number of pyridine rings is 1. The molecule has 2 aromatic rings. The van der Waals surface area contributed by atoms with Gasteiger partial charge in [-0.05, 0) is 43.5 Å². The lowest BCUT2D eigenvalue weighted by Crippen LogP contribution is -2.50. The van der Waals surface area contributed by atoms with Crippen molar-refractivity contribution in [2.45, 2.75) is 19.3 Å². The number of carbonyl (C=O) groups excluding carboxylic acids is 1. The maximum absolute atomic E-state index is 11.5. The van der Waals surface area contributed by atoms with Crippen LogP contribution in [-0.2, 0) is 4.79 Å². The monoisotopic (exact) mass is 380 g/mol. The van der Waals surface area contributed by atoms with E-state index in [4.69, 9.17) is 10.5 Å². The number of nitrogens with zero attached hydrogens (tertiary/aromatic N) is 4. The van der Waals surface area contributed by atoms with E-state index in [2.05, 4.69) is 17.1 Å². The molecule has 1 aliphatic carbocycles. The van der Waals surface area contributed by atoms with E-state index in [9.17, 15) is 4.79 Å². The van der Waals surface area contributed by atoms with Crippen LogP contribution in [0.25, 0.3) is 5.52 Å². The lowest BCUT2D eigenvalue weighted by Gasteiger charge is -2.37. The highest BCUT2D eigenvalue weighted by Gasteiger charge is 2.25. The van der Waals surface area contributed by atoms with Crippen LogP contribution in [0.4, 0.5) is 5.69 Å². The molecule has 0 bridgehead atoms. The predicted molar refractivity (Wildman–Crippen MR) is 109 cm³/mol. The molecule has 7 heteroatoms. The largest absolute Gasteiger partial charge is 0.469 e. The van der Waals surface area contributed by atoms with Crippen molar-refractivity contribution < 1.29 is 14.0 Å². The summed E-state index contributed by atoms with van der Waals surface area (Å²) in [5.41, 5.74) is 8.34. The molecule has 0 radical (unpaired) electrons. The fourth-order valence-electron chi connectivity index (χ4n) is 3.78. The predicted octanol–water partition coefficient (Wildman–Crippen LogP) is 2.40. The van der Waals surface area contributed by atoms with Crippen LogP contribution < -0.4 is 10.5 Å². The Bertz CT molecular complexity index is 980. The lowest BCUT2D eigenvalue weighted by atomic mass is 10.1. The molecule has 146 valence electrons. The molecular formula is C21H26N5O2+. The van der Waals surface area contributed by atoms with Gasteiger partial charge >= 0.3 is 0 Å². The molecule has 4 rings (SSSR count). The van der Waals surface area contributed by atoms with E-state index in [1.807, 2.05) is 24.4 Å². The van der Waals surface area contributed by atoms with Crippen LogP contribution in [0.15, 0.2) is 53.3 Å². The third kappa shape index (κ3) is 3.84. The van der Waals surface area contributed by atoms with E-state index in [0.717, 1.165) is 16.5 Å². The summed E-state index contributed by atoms with van der Waals surface area (Å²) in [5.74, 6) is 0.353. The highest BCUT2D eigenvalue weighted by molar-refractivity contribution is 6.20. The van der Waals surface area contributed by atoms with Crippen molar-refractivity contribution in [1.29, 1.82) is 0 Å². The summed E-state index contributed by atoms with van der Waals surface area (Å²) in [6, 6.07) is 5.79. The minimum Gasteiger partial charge on any atom is -0.469 e. The van der Waals surface area contributed by atoms with Gasteiger partial charge < -0.3 is 15.0 Å². The Hall–Kier alpha value is -2.93. The van der Waals surface area contributed by atoms with Gasteiger partial charge in [-0.25, -0.2) is 9.51 Å². The van der Waals surface area contributed by atoms with Gasteiger partial charge in [0, 0.05) is 12.3 Å². The number of likely N-dealkylation sites (tertiary alicyclic amines) is 1. The Kier molecular flexibility index (Phi) is 5.00. The number of allylic oxidation sites excluding steroid dienone is 3. The Morgan fingerprint density at radius 2 is 2.07 bits per heavy atom. The minimum absolute atomic E-state index is 0.133. The Labute approximate surface area is 164 Å². The number of quaternary nitrogens is 1. The van der Waals surface area contributed by atoms with E-state index in [1.54, 1.807) is 10.6 Å². The number of fused-ring (bicyclic) bond motifs is 1. The second kappa shape index (κ2) is 7.59. The summed E-state index contributed by atoms with van der Waals surface area (Å²) in [5, 5.41) is 4.55. The maximum Gasteiger partial charge on any atom is 0.260 e. The van der Waals surface area contributed by atoms with Crippen LogP contribution in [0.3, 0.4) is 0 Å². The Morgan fingerprint density at radius 3 is 2.86 bits per heavy atom. The molecule has 1 saturated heterocycles. The van der Waals surface area contributed by atoms with E-state index >= 15 is 0 Å². The molecule has 7 nitrogen and oxygen atoms in total. The van der Waals surface area contributed by atoms with Crippen molar-refractivity contribution in [2.24, 2.45) is 10.7 Å². The van der Waals surface area contributed by atoms with Gasteiger partial charge in [0.25, 0.3) is 5.88 Å². The SMILES string of the molecule is C[N+]1(CCOc2nn3ccccc3c2/N=C2\C=CC(=O)C=C2N)CCCCC1. The summed E-state index contributed by atoms with van der Waals surface area (Å²) >= 11 is 0. The van der Waals surface area contributed by atoms with Gasteiger partial charge in [0.2, 0.25) is 0 Å². The van der Waals surface area contributed by atoms with Gasteiger partial charge in [-0.2, -0.15) is 0 Å². The van der Waals surface area contributed by atoms with Crippen molar-refractivity contribution in [3.63, 3.8) is 0 Å². The number of aliphatic imine (C=N–C) groups is 1. The molecule has 28 heavy (non-hydrogen) atoms. The number of rotatable bonds is 5. The summed E-state index contributed by atoms with van der Waals surface area (Å²) in [4.78, 5) is 16.2. The number of piperidine rings is 1. The first kappa shape index (κ1) is 18.4. The standard InChI is InChI=1S/C21H25N5O2/c1-26(11-5-2-6-12-26)13-14-28-21-20(19-7-3-4-10-25(19)24-21)23-18-9-8-16(27)15-17(18)22/h3-4,7-10,15H,2,5-6,11-14H2,1H3,(H-,22,27)/p+1/b23-18+. The average molecular weight is 380 g/mol. The van der Waals surface area contributed by atoms with Crippen molar-refractivity contribution in [1.82, 2.24) is 9.61 Å². The maximum atomic E-state index is 11.5.